The minimum Gasteiger partial charge on any atom is -0.456 e. The third kappa shape index (κ3) is 5.66. The van der Waals surface area contributed by atoms with Crippen LogP contribution in [0.2, 0.25) is 0 Å². The summed E-state index contributed by atoms with van der Waals surface area (Å²) < 4.78 is 15.5. The number of para-hydroxylation sites is 3. The van der Waals surface area contributed by atoms with E-state index in [9.17, 15) is 0 Å². The molecule has 0 unspecified atom stereocenters. The van der Waals surface area contributed by atoms with E-state index in [1.165, 1.54) is 5.39 Å². The first kappa shape index (κ1) is 35.0. The van der Waals surface area contributed by atoms with Crippen molar-refractivity contribution >= 4 is 65.8 Å². The molecule has 0 aliphatic rings. The van der Waals surface area contributed by atoms with Gasteiger partial charge in [-0.15, -0.1) is 0 Å². The van der Waals surface area contributed by atoms with Crippen LogP contribution in [-0.4, -0.2) is 29.5 Å². The summed E-state index contributed by atoms with van der Waals surface area (Å²) in [4.78, 5) is 25.7. The number of nitrogens with zero attached hydrogens (tertiary/aromatic N) is 6. The zero-order valence-corrected chi connectivity index (χ0v) is 33.5. The van der Waals surface area contributed by atoms with E-state index in [2.05, 4.69) is 83.4 Å². The molecular weight excluding hydrogens is 777 g/mol. The van der Waals surface area contributed by atoms with Gasteiger partial charge in [0, 0.05) is 60.4 Å². The Balaban J connectivity index is 1.02. The van der Waals surface area contributed by atoms with Crippen molar-refractivity contribution in [2.75, 3.05) is 0 Å². The van der Waals surface area contributed by atoms with Crippen molar-refractivity contribution in [1.82, 2.24) is 29.5 Å². The number of fused-ring (bicyclic) bond motifs is 9. The van der Waals surface area contributed by atoms with E-state index in [1.54, 1.807) is 0 Å². The monoisotopic (exact) mass is 808 g/mol. The van der Waals surface area contributed by atoms with Crippen molar-refractivity contribution < 1.29 is 8.83 Å². The van der Waals surface area contributed by atoms with Crippen molar-refractivity contribution in [2.45, 2.75) is 0 Å². The van der Waals surface area contributed by atoms with Crippen molar-refractivity contribution in [2.24, 2.45) is 0 Å². The Morgan fingerprint density at radius 3 is 1.73 bits per heavy atom. The standard InChI is InChI=1S/C55H32N6O2/c1-4-15-33(16-5-1)52-58-53(34-17-6-2-7-18-34)60-55(59-52)41-23-14-26-47-48(41)42-31-36(28-30-46(42)62-47)54-56-49(51-50(57-54)40-22-11-13-25-45(40)63-51)35-27-29-39-38-21-10-12-24-43(38)61(44(39)32-35)37-19-8-3-9-20-37/h1-32H. The van der Waals surface area contributed by atoms with Gasteiger partial charge in [-0.05, 0) is 60.7 Å². The molecule has 0 spiro atoms. The van der Waals surface area contributed by atoms with Gasteiger partial charge < -0.3 is 13.4 Å². The highest BCUT2D eigenvalue weighted by Crippen LogP contribution is 2.41. The molecule has 0 aliphatic carbocycles. The molecule has 5 heterocycles. The Morgan fingerprint density at radius 1 is 0.349 bits per heavy atom. The lowest BCUT2D eigenvalue weighted by molar-refractivity contribution is 0.667. The van der Waals surface area contributed by atoms with Crippen molar-refractivity contribution in [3.8, 4) is 62.5 Å². The first-order valence-electron chi connectivity index (χ1n) is 20.8. The molecule has 0 saturated carbocycles. The predicted octanol–water partition coefficient (Wildman–Crippen LogP) is 13.9. The minimum absolute atomic E-state index is 0.550. The van der Waals surface area contributed by atoms with Crippen LogP contribution in [0.1, 0.15) is 0 Å². The average molecular weight is 809 g/mol. The van der Waals surface area contributed by atoms with Gasteiger partial charge in [0.25, 0.3) is 0 Å². The van der Waals surface area contributed by atoms with Gasteiger partial charge in [-0.3, -0.25) is 0 Å². The second-order valence-electron chi connectivity index (χ2n) is 15.6. The average Bonchev–Trinajstić information content (AvgIpc) is 4.03. The number of furan rings is 2. The van der Waals surface area contributed by atoms with Gasteiger partial charge >= 0.3 is 0 Å². The van der Waals surface area contributed by atoms with E-state index in [1.807, 2.05) is 115 Å². The first-order chi connectivity index (χ1) is 31.2. The number of aromatic nitrogens is 6. The molecule has 0 saturated heterocycles. The maximum Gasteiger partial charge on any atom is 0.180 e. The molecule has 13 aromatic rings. The molecular formula is C55H32N6O2. The highest BCUT2D eigenvalue weighted by molar-refractivity contribution is 6.14. The normalized spacial score (nSPS) is 11.8. The summed E-state index contributed by atoms with van der Waals surface area (Å²) in [5, 5.41) is 5.06. The van der Waals surface area contributed by atoms with E-state index >= 15 is 0 Å². The molecule has 0 N–H and O–H groups in total. The van der Waals surface area contributed by atoms with Crippen LogP contribution in [0.3, 0.4) is 0 Å². The summed E-state index contributed by atoms with van der Waals surface area (Å²) in [6, 6.07) is 65.8. The summed E-state index contributed by atoms with van der Waals surface area (Å²) >= 11 is 0. The maximum absolute atomic E-state index is 6.61. The lowest BCUT2D eigenvalue weighted by atomic mass is 10.0. The summed E-state index contributed by atoms with van der Waals surface area (Å²) in [7, 11) is 0. The molecule has 0 atom stereocenters. The SMILES string of the molecule is c1ccc(-c2nc(-c3ccccc3)nc(-c3cccc4oc5ccc(-c6nc(-c7ccc8c9ccccc9n(-c9ccccc9)c8c7)c7oc8ccccc8c7n6)cc5c34)n2)cc1. The van der Waals surface area contributed by atoms with Crippen molar-refractivity contribution in [3.05, 3.63) is 194 Å². The van der Waals surface area contributed by atoms with Gasteiger partial charge in [0.05, 0.1) is 11.0 Å². The Hall–Kier alpha value is -8.75. The van der Waals surface area contributed by atoms with Gasteiger partial charge in [-0.25, -0.2) is 24.9 Å². The maximum atomic E-state index is 6.61. The van der Waals surface area contributed by atoms with Crippen LogP contribution < -0.4 is 0 Å². The summed E-state index contributed by atoms with van der Waals surface area (Å²) in [6.45, 7) is 0. The van der Waals surface area contributed by atoms with Crippen LogP contribution >= 0.6 is 0 Å². The quantitative estimate of drug-likeness (QED) is 0.165. The van der Waals surface area contributed by atoms with E-state index in [4.69, 9.17) is 33.8 Å². The Labute approximate surface area is 359 Å². The molecule has 0 amide bonds. The van der Waals surface area contributed by atoms with Gasteiger partial charge in [0.15, 0.2) is 28.9 Å². The first-order valence-corrected chi connectivity index (χ1v) is 20.8. The molecule has 0 radical (unpaired) electrons. The van der Waals surface area contributed by atoms with Crippen molar-refractivity contribution in [1.29, 1.82) is 0 Å². The fourth-order valence-electron chi connectivity index (χ4n) is 8.97. The number of benzene rings is 8. The van der Waals surface area contributed by atoms with E-state index in [0.29, 0.717) is 34.6 Å². The molecule has 8 heteroatoms. The smallest absolute Gasteiger partial charge is 0.180 e. The highest BCUT2D eigenvalue weighted by Gasteiger charge is 2.22. The Morgan fingerprint density at radius 2 is 0.952 bits per heavy atom. The molecule has 8 nitrogen and oxygen atoms in total. The van der Waals surface area contributed by atoms with Gasteiger partial charge in [0.2, 0.25) is 0 Å². The summed E-state index contributed by atoms with van der Waals surface area (Å²) in [5.74, 6) is 2.30. The third-order valence-corrected chi connectivity index (χ3v) is 11.9. The Kier molecular flexibility index (Phi) is 7.74. The molecule has 8 aromatic carbocycles. The second-order valence-corrected chi connectivity index (χ2v) is 15.6. The van der Waals surface area contributed by atoms with Crippen LogP contribution in [0, 0.1) is 0 Å². The lowest BCUT2D eigenvalue weighted by Gasteiger charge is -2.10. The molecule has 5 aromatic heterocycles. The Bertz CT molecular complexity index is 3850. The molecule has 63 heavy (non-hydrogen) atoms. The summed E-state index contributed by atoms with van der Waals surface area (Å²) in [6.07, 6.45) is 0. The number of rotatable bonds is 6. The second kappa shape index (κ2) is 13.9. The zero-order chi connectivity index (χ0) is 41.4. The zero-order valence-electron chi connectivity index (χ0n) is 33.5. The fraction of sp³-hybridized carbons (Fsp3) is 0. The molecule has 0 bridgehead atoms. The fourth-order valence-corrected chi connectivity index (χ4v) is 8.97. The predicted molar refractivity (Wildman–Crippen MR) is 251 cm³/mol. The molecule has 294 valence electrons. The summed E-state index contributed by atoms with van der Waals surface area (Å²) in [5.41, 5.74) is 12.0. The lowest BCUT2D eigenvalue weighted by Crippen LogP contribution is -2.00. The van der Waals surface area contributed by atoms with E-state index in [-0.39, 0.29) is 0 Å². The topological polar surface area (TPSA) is 95.7 Å². The van der Waals surface area contributed by atoms with Crippen LogP contribution in [-0.2, 0) is 0 Å². The van der Waals surface area contributed by atoms with Gasteiger partial charge in [0.1, 0.15) is 28.0 Å². The molecule has 0 fully saturated rings. The van der Waals surface area contributed by atoms with E-state index < -0.39 is 0 Å². The van der Waals surface area contributed by atoms with Gasteiger partial charge in [-0.1, -0.05) is 133 Å². The van der Waals surface area contributed by atoms with Crippen LogP contribution in [0.4, 0.5) is 0 Å². The number of hydrogen-bond donors (Lipinski definition) is 0. The molecule has 13 rings (SSSR count). The van der Waals surface area contributed by atoms with E-state index in [0.717, 1.165) is 88.3 Å². The van der Waals surface area contributed by atoms with Crippen molar-refractivity contribution in [3.63, 3.8) is 0 Å². The third-order valence-electron chi connectivity index (χ3n) is 11.9. The van der Waals surface area contributed by atoms with Gasteiger partial charge in [-0.2, -0.15) is 0 Å². The highest BCUT2D eigenvalue weighted by atomic mass is 16.3. The minimum atomic E-state index is 0.550. The molecule has 0 aliphatic heterocycles. The largest absolute Gasteiger partial charge is 0.456 e. The number of hydrogen-bond acceptors (Lipinski definition) is 7. The van der Waals surface area contributed by atoms with Crippen LogP contribution in [0.25, 0.3) is 128 Å². The van der Waals surface area contributed by atoms with Crippen LogP contribution in [0.15, 0.2) is 203 Å². The van der Waals surface area contributed by atoms with Crippen LogP contribution in [0.5, 0.6) is 0 Å².